The first-order chi connectivity index (χ1) is 39.5. The predicted octanol–water partition coefficient (Wildman–Crippen LogP) is 15.8. The van der Waals surface area contributed by atoms with E-state index in [4.69, 9.17) is 0 Å². The average molecular weight is 1040 g/mol. The Labute approximate surface area is 477 Å². The first-order valence-corrected chi connectivity index (χ1v) is 28.6. The van der Waals surface area contributed by atoms with Gasteiger partial charge in [0, 0.05) is 68.2 Å². The Morgan fingerprint density at radius 2 is 0.593 bits per heavy atom. The number of hydrogen-bond acceptors (Lipinski definition) is 5. The Bertz CT molecular complexity index is 4090. The third-order valence-corrected chi connectivity index (χ3v) is 17.5. The fourth-order valence-electron chi connectivity index (χ4n) is 13.9. The molecule has 5 nitrogen and oxygen atoms in total. The minimum Gasteiger partial charge on any atom is -0.311 e. The Kier molecular flexibility index (Phi) is 11.2. The number of fused-ring (bicyclic) bond motifs is 8. The molecule has 388 valence electrons. The van der Waals surface area contributed by atoms with E-state index in [9.17, 15) is 0 Å². The smallest absolute Gasteiger partial charge is 0.252 e. The quantitative estimate of drug-likeness (QED) is 0.147. The van der Waals surface area contributed by atoms with E-state index in [0.717, 1.165) is 62.6 Å². The lowest BCUT2D eigenvalue weighted by Crippen LogP contribution is -2.61. The summed E-state index contributed by atoms with van der Waals surface area (Å²) in [4.78, 5) is 12.8. The van der Waals surface area contributed by atoms with Gasteiger partial charge in [-0.2, -0.15) is 0 Å². The van der Waals surface area contributed by atoms with Gasteiger partial charge in [-0.25, -0.2) is 0 Å². The predicted molar refractivity (Wildman–Crippen MR) is 347 cm³/mol. The molecule has 0 N–H and O–H groups in total. The second kappa shape index (κ2) is 18.6. The van der Waals surface area contributed by atoms with Crippen molar-refractivity contribution in [1.29, 1.82) is 0 Å². The first kappa shape index (κ1) is 48.7. The average Bonchev–Trinajstić information content (AvgIpc) is 2.98. The fourth-order valence-corrected chi connectivity index (χ4v) is 13.9. The van der Waals surface area contributed by atoms with E-state index in [1.807, 2.05) is 0 Å². The molecule has 11 aromatic rings. The van der Waals surface area contributed by atoms with E-state index < -0.39 is 0 Å². The van der Waals surface area contributed by atoms with Crippen molar-refractivity contribution >= 4 is 132 Å². The molecule has 81 heavy (non-hydrogen) atoms. The molecule has 0 aromatic heterocycles. The Hall–Kier alpha value is -9.45. The number of para-hydroxylation sites is 3. The van der Waals surface area contributed by atoms with Gasteiger partial charge < -0.3 is 24.5 Å². The highest BCUT2D eigenvalue weighted by molar-refractivity contribution is 7.01. The number of anilines is 15. The van der Waals surface area contributed by atoms with Crippen molar-refractivity contribution in [3.63, 3.8) is 0 Å². The van der Waals surface area contributed by atoms with Crippen LogP contribution in [0.3, 0.4) is 0 Å². The van der Waals surface area contributed by atoms with Gasteiger partial charge in [0.25, 0.3) is 13.4 Å². The minimum atomic E-state index is -0.0234. The molecular formula is C74H61B2N5. The standard InChI is InChI=1S/C74H61B2N5/c1-46-22-30-56(31-23-46)78-64-36-28-48(3)38-62(64)75-60-34-26-50(5)40-66(60)80(54-18-11-9-12-19-54)70-44-58(42-68(78)72(70)75)77(74-52(7)16-15-17-53(74)8)59-43-69-73-71(45-59)81(55-20-13-10-14-21-55)67-41-51(6)27-35-61(67)76(73)63-39-49(4)29-37-65(63)79(69)57-32-24-47(2)25-33-57/h9-45H,1-8H3. The molecule has 0 saturated carbocycles. The van der Waals surface area contributed by atoms with Crippen molar-refractivity contribution in [2.45, 2.75) is 55.4 Å². The van der Waals surface area contributed by atoms with Gasteiger partial charge in [0.15, 0.2) is 0 Å². The van der Waals surface area contributed by atoms with Crippen LogP contribution in [-0.4, -0.2) is 13.4 Å². The van der Waals surface area contributed by atoms with E-state index >= 15 is 0 Å². The van der Waals surface area contributed by atoms with Crippen molar-refractivity contribution in [3.05, 3.63) is 269 Å². The molecule has 7 heteroatoms. The van der Waals surface area contributed by atoms with E-state index in [0.29, 0.717) is 0 Å². The van der Waals surface area contributed by atoms with Gasteiger partial charge in [0.05, 0.1) is 17.1 Å². The van der Waals surface area contributed by atoms with Crippen molar-refractivity contribution in [3.8, 4) is 0 Å². The molecule has 11 aromatic carbocycles. The number of aryl methyl sites for hydroxylation is 8. The molecule has 0 unspecified atom stereocenters. The Morgan fingerprint density at radius 1 is 0.259 bits per heavy atom. The highest BCUT2D eigenvalue weighted by Crippen LogP contribution is 2.52. The molecule has 15 rings (SSSR count). The molecule has 0 saturated heterocycles. The van der Waals surface area contributed by atoms with E-state index in [2.05, 4.69) is 304 Å². The summed E-state index contributed by atoms with van der Waals surface area (Å²) < 4.78 is 0. The van der Waals surface area contributed by atoms with Crippen LogP contribution < -0.4 is 57.3 Å². The SMILES string of the molecule is Cc1ccc(N2c3ccc(C)cc3B3c4ccc(C)cc4N(c4ccccc4)c4cc(N(c5cc6c7c(c5)N(c5ccccc5)c5cc(C)ccc5B7c5cc(C)ccc5N6c5ccc(C)cc5)c5c(C)cccc5C)cc2c43)cc1. The normalized spacial score (nSPS) is 13.3. The van der Waals surface area contributed by atoms with E-state index in [-0.39, 0.29) is 13.4 Å². The molecule has 4 aliphatic rings. The maximum absolute atomic E-state index is 2.60. The zero-order valence-corrected chi connectivity index (χ0v) is 47.3. The van der Waals surface area contributed by atoms with Crippen molar-refractivity contribution in [2.75, 3.05) is 24.5 Å². The van der Waals surface area contributed by atoms with E-state index in [1.54, 1.807) is 0 Å². The molecule has 4 heterocycles. The molecule has 0 atom stereocenters. The molecule has 0 fully saturated rings. The van der Waals surface area contributed by atoms with Crippen LogP contribution in [0.4, 0.5) is 85.3 Å². The highest BCUT2D eigenvalue weighted by Gasteiger charge is 2.47. The van der Waals surface area contributed by atoms with Crippen LogP contribution >= 0.6 is 0 Å². The second-order valence-corrected chi connectivity index (χ2v) is 23.2. The number of benzene rings is 11. The number of rotatable bonds is 7. The van der Waals surface area contributed by atoms with Crippen molar-refractivity contribution in [1.82, 2.24) is 0 Å². The van der Waals surface area contributed by atoms with Gasteiger partial charge in [-0.3, -0.25) is 0 Å². The number of nitrogens with zero attached hydrogens (tertiary/aromatic N) is 5. The van der Waals surface area contributed by atoms with Gasteiger partial charge in [-0.05, 0) is 207 Å². The highest BCUT2D eigenvalue weighted by atomic mass is 15.2. The lowest BCUT2D eigenvalue weighted by Gasteiger charge is -2.46. The first-order valence-electron chi connectivity index (χ1n) is 28.6. The summed E-state index contributed by atoms with van der Waals surface area (Å²) in [6, 6.07) is 85.5. The van der Waals surface area contributed by atoms with Crippen LogP contribution in [0.1, 0.15) is 44.5 Å². The molecule has 4 aliphatic heterocycles. The summed E-state index contributed by atoms with van der Waals surface area (Å²) >= 11 is 0. The molecule has 0 amide bonds. The van der Waals surface area contributed by atoms with Gasteiger partial charge in [0.2, 0.25) is 0 Å². The zero-order chi connectivity index (χ0) is 54.9. The zero-order valence-electron chi connectivity index (χ0n) is 47.3. The lowest BCUT2D eigenvalue weighted by molar-refractivity contribution is 1.18. The van der Waals surface area contributed by atoms with Crippen LogP contribution in [-0.2, 0) is 0 Å². The fraction of sp³-hybridized carbons (Fsp3) is 0.108. The summed E-state index contributed by atoms with van der Waals surface area (Å²) in [5.41, 5.74) is 34.9. The van der Waals surface area contributed by atoms with Crippen LogP contribution in [0.25, 0.3) is 0 Å². The molecule has 0 aliphatic carbocycles. The van der Waals surface area contributed by atoms with Gasteiger partial charge in [0.1, 0.15) is 0 Å². The summed E-state index contributed by atoms with van der Waals surface area (Å²) in [6.45, 7) is 17.8. The summed E-state index contributed by atoms with van der Waals surface area (Å²) in [7, 11) is 0. The van der Waals surface area contributed by atoms with Gasteiger partial charge in [-0.15, -0.1) is 0 Å². The second-order valence-electron chi connectivity index (χ2n) is 23.2. The molecule has 0 radical (unpaired) electrons. The largest absolute Gasteiger partial charge is 0.311 e. The van der Waals surface area contributed by atoms with Crippen LogP contribution in [0, 0.1) is 55.4 Å². The third kappa shape index (κ3) is 7.62. The van der Waals surface area contributed by atoms with Crippen molar-refractivity contribution in [2.24, 2.45) is 0 Å². The van der Waals surface area contributed by atoms with E-state index in [1.165, 1.54) is 100 Å². The maximum Gasteiger partial charge on any atom is 0.252 e. The lowest BCUT2D eigenvalue weighted by atomic mass is 9.33. The Balaban J connectivity index is 1.09. The van der Waals surface area contributed by atoms with Crippen LogP contribution in [0.5, 0.6) is 0 Å². The third-order valence-electron chi connectivity index (χ3n) is 17.5. The molecule has 0 spiro atoms. The molecular weight excluding hydrogens is 980 g/mol. The van der Waals surface area contributed by atoms with Gasteiger partial charge >= 0.3 is 0 Å². The summed E-state index contributed by atoms with van der Waals surface area (Å²) in [5, 5.41) is 0. The monoisotopic (exact) mass is 1040 g/mol. The molecule has 0 bridgehead atoms. The van der Waals surface area contributed by atoms with Crippen molar-refractivity contribution < 1.29 is 0 Å². The van der Waals surface area contributed by atoms with Crippen LogP contribution in [0.15, 0.2) is 224 Å². The topological polar surface area (TPSA) is 16.2 Å². The van der Waals surface area contributed by atoms with Crippen LogP contribution in [0.2, 0.25) is 0 Å². The summed E-state index contributed by atoms with van der Waals surface area (Å²) in [5.74, 6) is 0. The minimum absolute atomic E-state index is 0.0234. The number of hydrogen-bond donors (Lipinski definition) is 0. The Morgan fingerprint density at radius 3 is 0.988 bits per heavy atom. The summed E-state index contributed by atoms with van der Waals surface area (Å²) in [6.07, 6.45) is 0. The van der Waals surface area contributed by atoms with Gasteiger partial charge in [-0.1, -0.05) is 150 Å². The maximum atomic E-state index is 2.60.